The minimum absolute atomic E-state index is 0.0144. The molecule has 134 valence electrons. The maximum absolute atomic E-state index is 12.8. The minimum atomic E-state index is -0.0144. The highest BCUT2D eigenvalue weighted by Crippen LogP contribution is 2.28. The summed E-state index contributed by atoms with van der Waals surface area (Å²) >= 11 is 3.08. The summed E-state index contributed by atoms with van der Waals surface area (Å²) in [5.74, 6) is 0.361. The third-order valence-corrected chi connectivity index (χ3v) is 5.86. The molecule has 0 aliphatic carbocycles. The standard InChI is InChI=1S/C20H21N3OS2/c1-4-10-23(18(24)11-16-12-25-19(21-16)14(2)3)20-22-17(13-26-20)15-8-6-5-7-9-15/h4-9,12-14H,1,10-11H2,2-3H3. The zero-order valence-corrected chi connectivity index (χ0v) is 16.5. The zero-order chi connectivity index (χ0) is 18.5. The molecule has 2 aromatic heterocycles. The van der Waals surface area contributed by atoms with Crippen molar-refractivity contribution in [2.75, 3.05) is 11.4 Å². The van der Waals surface area contributed by atoms with E-state index in [1.165, 1.54) is 11.3 Å². The second kappa shape index (κ2) is 8.38. The Bertz CT molecular complexity index is 883. The Morgan fingerprint density at radius 3 is 2.62 bits per heavy atom. The first kappa shape index (κ1) is 18.5. The summed E-state index contributed by atoms with van der Waals surface area (Å²) in [7, 11) is 0. The monoisotopic (exact) mass is 383 g/mol. The van der Waals surface area contributed by atoms with Gasteiger partial charge in [-0.05, 0) is 0 Å². The van der Waals surface area contributed by atoms with E-state index in [-0.39, 0.29) is 12.3 Å². The number of hydrogen-bond acceptors (Lipinski definition) is 5. The van der Waals surface area contributed by atoms with E-state index in [4.69, 9.17) is 0 Å². The Morgan fingerprint density at radius 2 is 1.96 bits per heavy atom. The quantitative estimate of drug-likeness (QED) is 0.530. The third kappa shape index (κ3) is 4.26. The fraction of sp³-hybridized carbons (Fsp3) is 0.250. The van der Waals surface area contributed by atoms with Crippen LogP contribution in [0.1, 0.15) is 30.5 Å². The Kier molecular flexibility index (Phi) is 5.96. The molecule has 3 aromatic rings. The molecular weight excluding hydrogens is 362 g/mol. The van der Waals surface area contributed by atoms with Crippen molar-refractivity contribution in [1.29, 1.82) is 0 Å². The van der Waals surface area contributed by atoms with Crippen LogP contribution in [0.3, 0.4) is 0 Å². The number of carbonyl (C=O) groups excluding carboxylic acids is 1. The average molecular weight is 384 g/mol. The van der Waals surface area contributed by atoms with Crippen LogP contribution in [-0.2, 0) is 11.2 Å². The Hall–Kier alpha value is -2.31. The molecule has 6 heteroatoms. The maximum Gasteiger partial charge on any atom is 0.235 e. The van der Waals surface area contributed by atoms with Gasteiger partial charge in [0.05, 0.1) is 22.8 Å². The number of rotatable bonds is 7. The lowest BCUT2D eigenvalue weighted by molar-refractivity contribution is -0.117. The molecule has 0 N–H and O–H groups in total. The van der Waals surface area contributed by atoms with Gasteiger partial charge in [0.2, 0.25) is 5.91 Å². The van der Waals surface area contributed by atoms with Crippen LogP contribution in [0.15, 0.2) is 53.7 Å². The first-order valence-electron chi connectivity index (χ1n) is 8.45. The number of thiazole rings is 2. The summed E-state index contributed by atoms with van der Waals surface area (Å²) in [6.45, 7) is 8.42. The predicted molar refractivity (Wildman–Crippen MR) is 110 cm³/mol. The molecule has 0 radical (unpaired) electrons. The number of aromatic nitrogens is 2. The van der Waals surface area contributed by atoms with Crippen molar-refractivity contribution >= 4 is 33.7 Å². The molecule has 3 rings (SSSR count). The van der Waals surface area contributed by atoms with E-state index in [1.807, 2.05) is 41.1 Å². The SMILES string of the molecule is C=CCN(C(=O)Cc1csc(C(C)C)n1)c1nc(-c2ccccc2)cs1. The molecule has 0 bridgehead atoms. The van der Waals surface area contributed by atoms with Gasteiger partial charge in [-0.1, -0.05) is 50.3 Å². The van der Waals surface area contributed by atoms with Gasteiger partial charge in [-0.15, -0.1) is 29.3 Å². The van der Waals surface area contributed by atoms with E-state index in [0.717, 1.165) is 22.0 Å². The fourth-order valence-electron chi connectivity index (χ4n) is 2.46. The van der Waals surface area contributed by atoms with Gasteiger partial charge in [-0.25, -0.2) is 9.97 Å². The average Bonchev–Trinajstić information content (AvgIpc) is 3.30. The van der Waals surface area contributed by atoms with Gasteiger partial charge in [0.1, 0.15) is 0 Å². The van der Waals surface area contributed by atoms with Gasteiger partial charge in [0.25, 0.3) is 0 Å². The topological polar surface area (TPSA) is 46.1 Å². The lowest BCUT2D eigenvalue weighted by atomic mass is 10.2. The molecule has 0 unspecified atom stereocenters. The number of nitrogens with zero attached hydrogens (tertiary/aromatic N) is 3. The van der Waals surface area contributed by atoms with E-state index >= 15 is 0 Å². The molecule has 0 saturated heterocycles. The van der Waals surface area contributed by atoms with Gasteiger partial charge >= 0.3 is 0 Å². The molecule has 0 atom stereocenters. The lowest BCUT2D eigenvalue weighted by Gasteiger charge is -2.17. The molecule has 4 nitrogen and oxygen atoms in total. The van der Waals surface area contributed by atoms with Gasteiger partial charge in [0, 0.05) is 28.8 Å². The van der Waals surface area contributed by atoms with E-state index in [1.54, 1.807) is 22.3 Å². The van der Waals surface area contributed by atoms with Crippen LogP contribution < -0.4 is 4.90 Å². The summed E-state index contributed by atoms with van der Waals surface area (Å²) in [4.78, 5) is 23.7. The smallest absolute Gasteiger partial charge is 0.235 e. The van der Waals surface area contributed by atoms with E-state index in [2.05, 4.69) is 30.4 Å². The van der Waals surface area contributed by atoms with Crippen LogP contribution >= 0.6 is 22.7 Å². The van der Waals surface area contributed by atoms with Gasteiger partial charge in [-0.3, -0.25) is 9.69 Å². The van der Waals surface area contributed by atoms with Crippen LogP contribution in [0, 0.1) is 0 Å². The Labute approximate surface area is 161 Å². The van der Waals surface area contributed by atoms with Crippen molar-refractivity contribution in [3.63, 3.8) is 0 Å². The molecule has 0 fully saturated rings. The molecule has 0 aliphatic rings. The number of carbonyl (C=O) groups is 1. The van der Waals surface area contributed by atoms with Crippen LogP contribution in [0.2, 0.25) is 0 Å². The summed E-state index contributed by atoms with van der Waals surface area (Å²) < 4.78 is 0. The summed E-state index contributed by atoms with van der Waals surface area (Å²) in [6.07, 6.45) is 2.00. The molecule has 1 amide bonds. The molecule has 0 spiro atoms. The molecule has 1 aromatic carbocycles. The highest BCUT2D eigenvalue weighted by Gasteiger charge is 2.20. The van der Waals surface area contributed by atoms with Crippen LogP contribution in [-0.4, -0.2) is 22.4 Å². The second-order valence-corrected chi connectivity index (χ2v) is 7.91. The van der Waals surface area contributed by atoms with Crippen LogP contribution in [0.5, 0.6) is 0 Å². The normalized spacial score (nSPS) is 10.9. The molecule has 0 saturated carbocycles. The van der Waals surface area contributed by atoms with Crippen molar-refractivity contribution in [1.82, 2.24) is 9.97 Å². The van der Waals surface area contributed by atoms with E-state index < -0.39 is 0 Å². The molecule has 26 heavy (non-hydrogen) atoms. The van der Waals surface area contributed by atoms with Gasteiger partial charge in [0.15, 0.2) is 5.13 Å². The number of anilines is 1. The second-order valence-electron chi connectivity index (χ2n) is 6.18. The zero-order valence-electron chi connectivity index (χ0n) is 14.9. The van der Waals surface area contributed by atoms with Gasteiger partial charge in [-0.2, -0.15) is 0 Å². The van der Waals surface area contributed by atoms with Gasteiger partial charge < -0.3 is 0 Å². The predicted octanol–water partition coefficient (Wildman–Crippen LogP) is 5.15. The van der Waals surface area contributed by atoms with Crippen molar-refractivity contribution in [3.05, 3.63) is 64.4 Å². The van der Waals surface area contributed by atoms with Crippen molar-refractivity contribution in [2.24, 2.45) is 0 Å². The van der Waals surface area contributed by atoms with Crippen LogP contribution in [0.4, 0.5) is 5.13 Å². The molecule has 2 heterocycles. The highest BCUT2D eigenvalue weighted by atomic mass is 32.1. The van der Waals surface area contributed by atoms with Crippen molar-refractivity contribution in [3.8, 4) is 11.3 Å². The minimum Gasteiger partial charge on any atom is -0.284 e. The summed E-state index contributed by atoms with van der Waals surface area (Å²) in [6, 6.07) is 9.97. The molecule has 0 aliphatic heterocycles. The molecular formula is C20H21N3OS2. The highest BCUT2D eigenvalue weighted by molar-refractivity contribution is 7.14. The van der Waals surface area contributed by atoms with E-state index in [0.29, 0.717) is 17.6 Å². The summed E-state index contributed by atoms with van der Waals surface area (Å²) in [5.41, 5.74) is 2.74. The first-order valence-corrected chi connectivity index (χ1v) is 10.2. The Morgan fingerprint density at radius 1 is 1.19 bits per heavy atom. The number of benzene rings is 1. The summed E-state index contributed by atoms with van der Waals surface area (Å²) in [5, 5.41) is 5.70. The van der Waals surface area contributed by atoms with Crippen LogP contribution in [0.25, 0.3) is 11.3 Å². The Balaban J connectivity index is 1.79. The maximum atomic E-state index is 12.8. The lowest BCUT2D eigenvalue weighted by Crippen LogP contribution is -2.32. The number of amides is 1. The third-order valence-electron chi connectivity index (χ3n) is 3.80. The van der Waals surface area contributed by atoms with Crippen molar-refractivity contribution in [2.45, 2.75) is 26.2 Å². The number of hydrogen-bond donors (Lipinski definition) is 0. The van der Waals surface area contributed by atoms with Crippen molar-refractivity contribution < 1.29 is 4.79 Å². The fourth-order valence-corrected chi connectivity index (χ4v) is 4.16. The van der Waals surface area contributed by atoms with E-state index in [9.17, 15) is 4.79 Å². The largest absolute Gasteiger partial charge is 0.284 e. The first-order chi connectivity index (χ1) is 12.6.